The van der Waals surface area contributed by atoms with E-state index in [9.17, 15) is 4.79 Å². The van der Waals surface area contributed by atoms with Gasteiger partial charge in [-0.05, 0) is 13.3 Å². The molecular formula is C11H18O4. The van der Waals surface area contributed by atoms with Gasteiger partial charge in [-0.3, -0.25) is 0 Å². The lowest BCUT2D eigenvalue weighted by molar-refractivity contribution is -0.467. The van der Waals surface area contributed by atoms with Gasteiger partial charge in [-0.1, -0.05) is 6.92 Å². The average molecular weight is 214 g/mol. The molecule has 15 heavy (non-hydrogen) atoms. The monoisotopic (exact) mass is 214 g/mol. The summed E-state index contributed by atoms with van der Waals surface area (Å²) in [5.74, 6) is -0.657. The summed E-state index contributed by atoms with van der Waals surface area (Å²) in [6.07, 6.45) is 1.96. The number of Topliss-reactive ketones (excluding diaryl/α,β-unsaturated/α-hetero) is 1. The molecule has 4 heteroatoms. The summed E-state index contributed by atoms with van der Waals surface area (Å²) in [5.41, 5.74) is 0.0162. The first-order valence-corrected chi connectivity index (χ1v) is 5.45. The van der Waals surface area contributed by atoms with Gasteiger partial charge in [0.1, 0.15) is 5.78 Å². The summed E-state index contributed by atoms with van der Waals surface area (Å²) < 4.78 is 16.8. The zero-order valence-electron chi connectivity index (χ0n) is 9.38. The number of hydrogen-bond acceptors (Lipinski definition) is 4. The molecule has 0 aliphatic carbocycles. The van der Waals surface area contributed by atoms with Crippen molar-refractivity contribution in [3.8, 4) is 0 Å². The van der Waals surface area contributed by atoms with Crippen LogP contribution >= 0.6 is 0 Å². The Morgan fingerprint density at radius 3 is 2.20 bits per heavy atom. The Bertz CT molecular complexity index is 237. The Labute approximate surface area is 89.9 Å². The molecule has 3 heterocycles. The van der Waals surface area contributed by atoms with Crippen molar-refractivity contribution in [3.05, 3.63) is 0 Å². The molecule has 3 aliphatic rings. The van der Waals surface area contributed by atoms with Gasteiger partial charge >= 0.3 is 0 Å². The maximum Gasteiger partial charge on any atom is 0.282 e. The van der Waals surface area contributed by atoms with Crippen molar-refractivity contribution >= 4 is 5.78 Å². The number of fused-ring (bicyclic) bond motifs is 3. The molecule has 0 aromatic heterocycles. The minimum absolute atomic E-state index is 0.0162. The molecule has 0 atom stereocenters. The third kappa shape index (κ3) is 2.38. The van der Waals surface area contributed by atoms with Crippen molar-refractivity contribution in [2.75, 3.05) is 19.8 Å². The van der Waals surface area contributed by atoms with Gasteiger partial charge < -0.3 is 19.0 Å². The molecule has 0 saturated carbocycles. The van der Waals surface area contributed by atoms with E-state index in [-0.39, 0.29) is 11.2 Å². The highest BCUT2D eigenvalue weighted by atomic mass is 16.9. The van der Waals surface area contributed by atoms with Crippen molar-refractivity contribution in [3.63, 3.8) is 0 Å². The smallest absolute Gasteiger partial charge is 0.282 e. The predicted octanol–water partition coefficient (Wildman–Crippen LogP) is 1.48. The van der Waals surface area contributed by atoms with Crippen molar-refractivity contribution in [1.29, 1.82) is 0 Å². The van der Waals surface area contributed by atoms with Gasteiger partial charge in [0.2, 0.25) is 0 Å². The number of carbonyl (C=O) groups excluding carboxylic acids is 1. The van der Waals surface area contributed by atoms with Crippen molar-refractivity contribution in [2.45, 2.75) is 39.1 Å². The van der Waals surface area contributed by atoms with Gasteiger partial charge in [0.25, 0.3) is 5.97 Å². The van der Waals surface area contributed by atoms with Gasteiger partial charge in [0, 0.05) is 18.3 Å². The molecule has 0 unspecified atom stereocenters. The molecule has 3 rings (SSSR count). The molecule has 3 aliphatic heterocycles. The van der Waals surface area contributed by atoms with Gasteiger partial charge in [-0.25, -0.2) is 0 Å². The Morgan fingerprint density at radius 2 is 1.73 bits per heavy atom. The first-order valence-electron chi connectivity index (χ1n) is 5.45. The van der Waals surface area contributed by atoms with Gasteiger partial charge in [0.15, 0.2) is 0 Å². The molecule has 0 aromatic carbocycles. The quantitative estimate of drug-likeness (QED) is 0.711. The van der Waals surface area contributed by atoms with E-state index >= 15 is 0 Å². The summed E-state index contributed by atoms with van der Waals surface area (Å²) in [6.45, 7) is 5.75. The van der Waals surface area contributed by atoms with Crippen LogP contribution in [0.5, 0.6) is 0 Å². The fourth-order valence-electron chi connectivity index (χ4n) is 1.87. The second-order valence-electron chi connectivity index (χ2n) is 4.92. The van der Waals surface area contributed by atoms with Crippen molar-refractivity contribution in [2.24, 2.45) is 5.41 Å². The van der Waals surface area contributed by atoms with E-state index in [1.165, 1.54) is 0 Å². The summed E-state index contributed by atoms with van der Waals surface area (Å²) in [4.78, 5) is 10.8. The third-order valence-corrected chi connectivity index (χ3v) is 2.93. The van der Waals surface area contributed by atoms with E-state index in [4.69, 9.17) is 14.2 Å². The minimum atomic E-state index is -0.854. The fraction of sp³-hybridized carbons (Fsp3) is 0.909. The lowest BCUT2D eigenvalue weighted by Gasteiger charge is -2.50. The highest BCUT2D eigenvalue weighted by Crippen LogP contribution is 2.40. The predicted molar refractivity (Wildman–Crippen MR) is 53.2 cm³/mol. The fourth-order valence-corrected chi connectivity index (χ4v) is 1.87. The normalized spacial score (nSPS) is 39.3. The van der Waals surface area contributed by atoms with E-state index in [0.717, 1.165) is 6.42 Å². The number of hydrogen-bond donors (Lipinski definition) is 0. The molecule has 0 radical (unpaired) electrons. The Kier molecular flexibility index (Phi) is 2.83. The van der Waals surface area contributed by atoms with Crippen LogP contribution in [0, 0.1) is 5.41 Å². The van der Waals surface area contributed by atoms with Crippen LogP contribution in [0.15, 0.2) is 0 Å². The van der Waals surface area contributed by atoms with Gasteiger partial charge in [-0.2, -0.15) is 0 Å². The molecule has 86 valence electrons. The molecule has 3 fully saturated rings. The number of carbonyl (C=O) groups is 1. The molecule has 4 nitrogen and oxygen atoms in total. The highest BCUT2D eigenvalue weighted by molar-refractivity contribution is 5.75. The zero-order valence-corrected chi connectivity index (χ0v) is 9.38. The lowest BCUT2D eigenvalue weighted by Crippen LogP contribution is -2.58. The Balaban J connectivity index is 1.84. The van der Waals surface area contributed by atoms with E-state index in [0.29, 0.717) is 32.7 Å². The molecule has 0 spiro atoms. The first kappa shape index (κ1) is 11.0. The Morgan fingerprint density at radius 1 is 1.20 bits per heavy atom. The van der Waals surface area contributed by atoms with Crippen LogP contribution in [0.25, 0.3) is 0 Å². The standard InChI is InChI=1S/C11H18O4/c1-9(12)4-3-5-11-13-6-10(2,7-14-11)8-15-11/h3-8H2,1-2H3. The van der Waals surface area contributed by atoms with Crippen LogP contribution in [0.1, 0.15) is 33.1 Å². The molecule has 3 saturated heterocycles. The van der Waals surface area contributed by atoms with Crippen LogP contribution in [-0.4, -0.2) is 31.6 Å². The summed E-state index contributed by atoms with van der Waals surface area (Å²) in [6, 6.07) is 0. The topological polar surface area (TPSA) is 44.8 Å². The molecule has 0 N–H and O–H groups in total. The molecule has 0 aromatic rings. The molecule has 0 amide bonds. The molecular weight excluding hydrogens is 196 g/mol. The minimum Gasteiger partial charge on any atom is -0.327 e. The van der Waals surface area contributed by atoms with Crippen LogP contribution < -0.4 is 0 Å². The van der Waals surface area contributed by atoms with E-state index < -0.39 is 5.97 Å². The highest BCUT2D eigenvalue weighted by Gasteiger charge is 2.49. The largest absolute Gasteiger partial charge is 0.327 e. The van der Waals surface area contributed by atoms with Crippen LogP contribution in [-0.2, 0) is 19.0 Å². The summed E-state index contributed by atoms with van der Waals surface area (Å²) in [7, 11) is 0. The van der Waals surface area contributed by atoms with E-state index in [1.807, 2.05) is 0 Å². The van der Waals surface area contributed by atoms with Crippen LogP contribution in [0.4, 0.5) is 0 Å². The van der Waals surface area contributed by atoms with Crippen LogP contribution in [0.2, 0.25) is 0 Å². The first-order chi connectivity index (χ1) is 7.04. The third-order valence-electron chi connectivity index (χ3n) is 2.93. The maximum absolute atomic E-state index is 10.8. The Hall–Kier alpha value is -0.450. The summed E-state index contributed by atoms with van der Waals surface area (Å²) in [5, 5.41) is 0. The second kappa shape index (κ2) is 3.85. The number of ether oxygens (including phenoxy) is 3. The SMILES string of the molecule is CC(=O)CCCC12OCC(C)(CO1)CO2. The average Bonchev–Trinajstić information content (AvgIpc) is 2.20. The van der Waals surface area contributed by atoms with Gasteiger partial charge in [0.05, 0.1) is 19.8 Å². The molecule has 2 bridgehead atoms. The van der Waals surface area contributed by atoms with Crippen LogP contribution in [0.3, 0.4) is 0 Å². The van der Waals surface area contributed by atoms with Crippen molar-refractivity contribution < 1.29 is 19.0 Å². The number of rotatable bonds is 4. The lowest BCUT2D eigenvalue weighted by atomic mass is 9.91. The second-order valence-corrected chi connectivity index (χ2v) is 4.92. The summed E-state index contributed by atoms with van der Waals surface area (Å²) >= 11 is 0. The van der Waals surface area contributed by atoms with E-state index in [1.54, 1.807) is 6.92 Å². The van der Waals surface area contributed by atoms with E-state index in [2.05, 4.69) is 6.92 Å². The zero-order chi connectivity index (χ0) is 10.9. The van der Waals surface area contributed by atoms with Gasteiger partial charge in [-0.15, -0.1) is 0 Å². The number of ketones is 1. The maximum atomic E-state index is 10.8. The van der Waals surface area contributed by atoms with Crippen molar-refractivity contribution in [1.82, 2.24) is 0 Å².